The van der Waals surface area contributed by atoms with Gasteiger partial charge < -0.3 is 5.73 Å². The van der Waals surface area contributed by atoms with E-state index in [-0.39, 0.29) is 6.04 Å². The second kappa shape index (κ2) is 3.93. The van der Waals surface area contributed by atoms with E-state index in [1.807, 2.05) is 24.3 Å². The van der Waals surface area contributed by atoms with Crippen LogP contribution in [0.15, 0.2) is 24.3 Å². The Morgan fingerprint density at radius 3 is 2.93 bits per heavy atom. The van der Waals surface area contributed by atoms with Gasteiger partial charge in [0, 0.05) is 12.5 Å². The maximum absolute atomic E-state index is 14.5. The summed E-state index contributed by atoms with van der Waals surface area (Å²) < 4.78 is 14.5. The molecule has 1 aromatic carbocycles. The molecular formula is C13H18FN. The zero-order chi connectivity index (χ0) is 10.9. The maximum Gasteiger partial charge on any atom is 0.137 e. The van der Waals surface area contributed by atoms with Crippen LogP contribution in [0.25, 0.3) is 0 Å². The van der Waals surface area contributed by atoms with Crippen LogP contribution in [0.5, 0.6) is 0 Å². The fourth-order valence-corrected chi connectivity index (χ4v) is 2.37. The molecule has 0 bridgehead atoms. The fourth-order valence-electron chi connectivity index (χ4n) is 2.37. The van der Waals surface area contributed by atoms with Gasteiger partial charge in [0.15, 0.2) is 0 Å². The van der Waals surface area contributed by atoms with E-state index in [1.165, 1.54) is 5.56 Å². The van der Waals surface area contributed by atoms with Crippen molar-refractivity contribution in [2.24, 2.45) is 5.73 Å². The monoisotopic (exact) mass is 207 g/mol. The summed E-state index contributed by atoms with van der Waals surface area (Å²) in [5.41, 5.74) is 6.62. The Hall–Kier alpha value is -0.890. The smallest absolute Gasteiger partial charge is 0.137 e. The van der Waals surface area contributed by atoms with Gasteiger partial charge in [-0.05, 0) is 30.4 Å². The number of rotatable bonds is 2. The molecule has 2 rings (SSSR count). The predicted molar refractivity (Wildman–Crippen MR) is 60.4 cm³/mol. The molecule has 1 aliphatic rings. The summed E-state index contributed by atoms with van der Waals surface area (Å²) in [5.74, 6) is 0. The zero-order valence-corrected chi connectivity index (χ0v) is 9.17. The fraction of sp³-hybridized carbons (Fsp3) is 0.538. The first-order valence-electron chi connectivity index (χ1n) is 5.68. The maximum atomic E-state index is 14.5. The Bertz CT molecular complexity index is 350. The van der Waals surface area contributed by atoms with E-state index in [9.17, 15) is 4.39 Å². The van der Waals surface area contributed by atoms with Crippen molar-refractivity contribution >= 4 is 0 Å². The Balaban J connectivity index is 2.28. The van der Waals surface area contributed by atoms with E-state index in [1.54, 1.807) is 0 Å². The molecule has 0 aliphatic heterocycles. The topological polar surface area (TPSA) is 26.0 Å². The van der Waals surface area contributed by atoms with Crippen molar-refractivity contribution in [3.63, 3.8) is 0 Å². The molecule has 82 valence electrons. The molecule has 0 amide bonds. The van der Waals surface area contributed by atoms with Gasteiger partial charge in [0.25, 0.3) is 0 Å². The van der Waals surface area contributed by atoms with Gasteiger partial charge in [-0.15, -0.1) is 0 Å². The minimum absolute atomic E-state index is 0.0280. The molecule has 2 N–H and O–H groups in total. The molecule has 0 heterocycles. The zero-order valence-electron chi connectivity index (χ0n) is 9.17. The van der Waals surface area contributed by atoms with Gasteiger partial charge in [-0.2, -0.15) is 0 Å². The normalized spacial score (nSPS) is 30.7. The number of aryl methyl sites for hydroxylation is 1. The lowest BCUT2D eigenvalue weighted by molar-refractivity contribution is 0.172. The van der Waals surface area contributed by atoms with Crippen LogP contribution in [0.1, 0.15) is 37.3 Å². The standard InChI is InChI=1S/C13H18FN/c1-2-10-4-3-5-11(8-10)13(14)7-6-12(15)9-13/h3-5,8,12H,2,6-7,9,15H2,1H3. The second-order valence-corrected chi connectivity index (χ2v) is 4.52. The average Bonchev–Trinajstić information content (AvgIpc) is 2.60. The van der Waals surface area contributed by atoms with Crippen molar-refractivity contribution in [3.8, 4) is 0 Å². The SMILES string of the molecule is CCc1cccc(C2(F)CCC(N)C2)c1. The quantitative estimate of drug-likeness (QED) is 0.792. The van der Waals surface area contributed by atoms with E-state index in [0.29, 0.717) is 12.8 Å². The van der Waals surface area contributed by atoms with Crippen molar-refractivity contribution in [3.05, 3.63) is 35.4 Å². The van der Waals surface area contributed by atoms with Crippen LogP contribution < -0.4 is 5.73 Å². The lowest BCUT2D eigenvalue weighted by Gasteiger charge is -2.20. The molecule has 2 heteroatoms. The third-order valence-electron chi connectivity index (χ3n) is 3.35. The first kappa shape index (κ1) is 10.6. The Kier molecular flexibility index (Phi) is 2.79. The average molecular weight is 207 g/mol. The first-order chi connectivity index (χ1) is 7.14. The van der Waals surface area contributed by atoms with Crippen molar-refractivity contribution < 1.29 is 4.39 Å². The molecule has 0 saturated heterocycles. The molecule has 1 aromatic rings. The highest BCUT2D eigenvalue weighted by Crippen LogP contribution is 2.41. The molecule has 15 heavy (non-hydrogen) atoms. The van der Waals surface area contributed by atoms with Crippen LogP contribution in [-0.2, 0) is 12.1 Å². The summed E-state index contributed by atoms with van der Waals surface area (Å²) in [6, 6.07) is 7.89. The predicted octanol–water partition coefficient (Wildman–Crippen LogP) is 2.93. The lowest BCUT2D eigenvalue weighted by atomic mass is 9.92. The molecular weight excluding hydrogens is 189 g/mol. The molecule has 1 aliphatic carbocycles. The highest BCUT2D eigenvalue weighted by molar-refractivity contribution is 5.29. The number of benzene rings is 1. The summed E-state index contributed by atoms with van der Waals surface area (Å²) in [6.45, 7) is 2.09. The molecule has 1 fully saturated rings. The van der Waals surface area contributed by atoms with E-state index in [0.717, 1.165) is 18.4 Å². The summed E-state index contributed by atoms with van der Waals surface area (Å²) >= 11 is 0. The number of alkyl halides is 1. The van der Waals surface area contributed by atoms with Gasteiger partial charge in [-0.1, -0.05) is 31.2 Å². The molecule has 2 unspecified atom stereocenters. The molecule has 1 nitrogen and oxygen atoms in total. The van der Waals surface area contributed by atoms with Crippen LogP contribution in [0.3, 0.4) is 0 Å². The van der Waals surface area contributed by atoms with Crippen LogP contribution in [0.4, 0.5) is 4.39 Å². The van der Waals surface area contributed by atoms with Gasteiger partial charge >= 0.3 is 0 Å². The van der Waals surface area contributed by atoms with Crippen LogP contribution >= 0.6 is 0 Å². The number of hydrogen-bond donors (Lipinski definition) is 1. The van der Waals surface area contributed by atoms with Gasteiger partial charge in [0.2, 0.25) is 0 Å². The minimum atomic E-state index is -1.18. The summed E-state index contributed by atoms with van der Waals surface area (Å²) in [4.78, 5) is 0. The number of halogens is 1. The third-order valence-corrected chi connectivity index (χ3v) is 3.35. The summed E-state index contributed by atoms with van der Waals surface area (Å²) in [6.07, 6.45) is 2.80. The molecule has 0 aromatic heterocycles. The second-order valence-electron chi connectivity index (χ2n) is 4.52. The van der Waals surface area contributed by atoms with Gasteiger partial charge in [-0.25, -0.2) is 4.39 Å². The Morgan fingerprint density at radius 2 is 2.33 bits per heavy atom. The lowest BCUT2D eigenvalue weighted by Crippen LogP contribution is -2.21. The van der Waals surface area contributed by atoms with Crippen LogP contribution in [0, 0.1) is 0 Å². The van der Waals surface area contributed by atoms with Crippen molar-refractivity contribution in [2.75, 3.05) is 0 Å². The molecule has 0 radical (unpaired) electrons. The third kappa shape index (κ3) is 2.05. The van der Waals surface area contributed by atoms with Crippen molar-refractivity contribution in [1.29, 1.82) is 0 Å². The summed E-state index contributed by atoms with van der Waals surface area (Å²) in [5, 5.41) is 0. The number of nitrogens with two attached hydrogens (primary N) is 1. The minimum Gasteiger partial charge on any atom is -0.328 e. The van der Waals surface area contributed by atoms with E-state index in [2.05, 4.69) is 6.92 Å². The largest absolute Gasteiger partial charge is 0.328 e. The highest BCUT2D eigenvalue weighted by atomic mass is 19.1. The van der Waals surface area contributed by atoms with Crippen molar-refractivity contribution in [1.82, 2.24) is 0 Å². The van der Waals surface area contributed by atoms with Crippen LogP contribution in [0.2, 0.25) is 0 Å². The summed E-state index contributed by atoms with van der Waals surface area (Å²) in [7, 11) is 0. The van der Waals surface area contributed by atoms with Crippen molar-refractivity contribution in [2.45, 2.75) is 44.3 Å². The number of hydrogen-bond acceptors (Lipinski definition) is 1. The van der Waals surface area contributed by atoms with E-state index in [4.69, 9.17) is 5.73 Å². The van der Waals surface area contributed by atoms with Gasteiger partial charge in [0.1, 0.15) is 5.67 Å². The molecule has 0 spiro atoms. The van der Waals surface area contributed by atoms with E-state index >= 15 is 0 Å². The van der Waals surface area contributed by atoms with E-state index < -0.39 is 5.67 Å². The highest BCUT2D eigenvalue weighted by Gasteiger charge is 2.39. The Morgan fingerprint density at radius 1 is 1.53 bits per heavy atom. The first-order valence-corrected chi connectivity index (χ1v) is 5.68. The van der Waals surface area contributed by atoms with Gasteiger partial charge in [-0.3, -0.25) is 0 Å². The Labute approximate surface area is 90.5 Å². The van der Waals surface area contributed by atoms with Gasteiger partial charge in [0.05, 0.1) is 0 Å². The van der Waals surface area contributed by atoms with Crippen LogP contribution in [-0.4, -0.2) is 6.04 Å². The molecule has 1 saturated carbocycles. The molecule has 2 atom stereocenters.